The van der Waals surface area contributed by atoms with Crippen LogP contribution in [-0.4, -0.2) is 33.4 Å². The number of alkyl halides is 7. The van der Waals surface area contributed by atoms with E-state index in [1.807, 2.05) is 0 Å². The van der Waals surface area contributed by atoms with Crippen molar-refractivity contribution >= 4 is 16.8 Å². The third-order valence-electron chi connectivity index (χ3n) is 3.41. The van der Waals surface area contributed by atoms with Crippen molar-refractivity contribution in [2.24, 2.45) is 0 Å². The fourth-order valence-corrected chi connectivity index (χ4v) is 3.72. The van der Waals surface area contributed by atoms with E-state index in [1.54, 1.807) is 0 Å². The third-order valence-corrected chi connectivity index (χ3v) is 5.17. The van der Waals surface area contributed by atoms with Crippen LogP contribution in [0.4, 0.5) is 30.7 Å². The lowest BCUT2D eigenvalue weighted by molar-refractivity contribution is -0.349. The van der Waals surface area contributed by atoms with Gasteiger partial charge in [-0.1, -0.05) is 13.0 Å². The predicted molar refractivity (Wildman–Crippen MR) is 74.6 cm³/mol. The second kappa shape index (κ2) is 6.93. The van der Waals surface area contributed by atoms with Crippen molar-refractivity contribution in [3.63, 3.8) is 0 Å². The molecule has 0 bridgehead atoms. The van der Waals surface area contributed by atoms with E-state index >= 15 is 0 Å². The Kier molecular flexibility index (Phi) is 5.93. The molecule has 1 atom stereocenters. The maximum Gasteiger partial charge on any atom is 0.435 e. The highest BCUT2D eigenvalue weighted by Crippen LogP contribution is 2.54. The molecule has 1 N–H and O–H groups in total. The smallest absolute Gasteiger partial charge is 0.435 e. The molecule has 1 aromatic rings. The molecule has 25 heavy (non-hydrogen) atoms. The Hall–Kier alpha value is -1.65. The number of rotatable bonds is 5. The van der Waals surface area contributed by atoms with E-state index in [0.717, 1.165) is 6.92 Å². The highest BCUT2D eigenvalue weighted by Gasteiger charge is 2.74. The molecule has 0 saturated carbocycles. The topological polar surface area (TPSA) is 54.4 Å². The lowest BCUT2D eigenvalue weighted by atomic mass is 9.91. The first kappa shape index (κ1) is 21.4. The minimum Gasteiger partial charge on any atom is -0.478 e. The molecule has 0 spiro atoms. The van der Waals surface area contributed by atoms with Crippen molar-refractivity contribution in [1.82, 2.24) is 0 Å². The number of benzene rings is 1. The van der Waals surface area contributed by atoms with Crippen LogP contribution in [0.3, 0.4) is 0 Å². The third kappa shape index (κ3) is 3.65. The van der Waals surface area contributed by atoms with Gasteiger partial charge in [-0.15, -0.1) is 0 Å². The highest BCUT2D eigenvalue weighted by molar-refractivity contribution is 7.85. The normalized spacial score (nSPS) is 14.4. The molecule has 0 saturated heterocycles. The van der Waals surface area contributed by atoms with Crippen LogP contribution in [0, 0.1) is 6.92 Å². The predicted octanol–water partition coefficient (Wildman–Crippen LogP) is 4.50. The summed E-state index contributed by atoms with van der Waals surface area (Å²) in [4.78, 5) is 9.97. The second-order valence-electron chi connectivity index (χ2n) is 5.12. The average molecular weight is 394 g/mol. The summed E-state index contributed by atoms with van der Waals surface area (Å²) in [6.45, 7) is 2.35. The zero-order valence-electron chi connectivity index (χ0n) is 12.9. The lowest BCUT2D eigenvalue weighted by Crippen LogP contribution is -2.51. The van der Waals surface area contributed by atoms with Gasteiger partial charge < -0.3 is 5.11 Å². The van der Waals surface area contributed by atoms with Crippen LogP contribution >= 0.6 is 0 Å². The molecule has 0 aromatic heterocycles. The van der Waals surface area contributed by atoms with Gasteiger partial charge in [-0.2, -0.15) is 26.3 Å². The maximum absolute atomic E-state index is 14.4. The van der Waals surface area contributed by atoms with E-state index in [2.05, 4.69) is 0 Å². The van der Waals surface area contributed by atoms with Gasteiger partial charge in [0, 0.05) is 16.2 Å². The molecule has 142 valence electrons. The summed E-state index contributed by atoms with van der Waals surface area (Å²) in [5.41, 5.74) is -8.94. The first-order chi connectivity index (χ1) is 11.2. The van der Waals surface area contributed by atoms with Crippen molar-refractivity contribution in [3.05, 3.63) is 28.8 Å². The molecule has 0 amide bonds. The van der Waals surface area contributed by atoms with Crippen molar-refractivity contribution < 1.29 is 44.8 Å². The highest BCUT2D eigenvalue weighted by atomic mass is 32.2. The van der Waals surface area contributed by atoms with Crippen LogP contribution in [0.25, 0.3) is 0 Å². The Morgan fingerprint density at radius 2 is 1.56 bits per heavy atom. The number of hydrogen-bond acceptors (Lipinski definition) is 2. The zero-order valence-corrected chi connectivity index (χ0v) is 13.7. The Morgan fingerprint density at radius 3 is 1.92 bits per heavy atom. The van der Waals surface area contributed by atoms with Gasteiger partial charge in [0.15, 0.2) is 0 Å². The summed E-state index contributed by atoms with van der Waals surface area (Å²) < 4.78 is 105. The first-order valence-corrected chi connectivity index (χ1v) is 8.10. The van der Waals surface area contributed by atoms with Crippen molar-refractivity contribution in [3.8, 4) is 0 Å². The van der Waals surface area contributed by atoms with Gasteiger partial charge in [0.25, 0.3) is 0 Å². The minimum absolute atomic E-state index is 0.0837. The summed E-state index contributed by atoms with van der Waals surface area (Å²) in [5, 5.41) is 8.98. The largest absolute Gasteiger partial charge is 0.478 e. The molecule has 0 unspecified atom stereocenters. The fraction of sp³-hybridized carbons (Fsp3) is 0.500. The Balaban J connectivity index is 3.94. The van der Waals surface area contributed by atoms with Gasteiger partial charge in [0.2, 0.25) is 0 Å². The Labute approximate surface area is 140 Å². The van der Waals surface area contributed by atoms with Crippen LogP contribution < -0.4 is 0 Å². The summed E-state index contributed by atoms with van der Waals surface area (Å²) in [7, 11) is -2.45. The number of carboxylic acids is 1. The molecular formula is C14H13F7O3S. The molecule has 0 fully saturated rings. The number of aromatic carboxylic acids is 1. The lowest BCUT2D eigenvalue weighted by Gasteiger charge is -2.32. The standard InChI is InChI=1S/C14H13F7O3S/c1-3-6-25(24)10-7(2)8(11(22)23)4-5-9(10)12(15,13(16,17)18)14(19,20)21/h4-5H,3,6H2,1-2H3,(H,22,23)/t25-/m1/s1. The Morgan fingerprint density at radius 1 is 1.08 bits per heavy atom. The van der Waals surface area contributed by atoms with Crippen molar-refractivity contribution in [2.75, 3.05) is 5.75 Å². The summed E-state index contributed by atoms with van der Waals surface area (Å²) in [6, 6.07) is 0.520. The van der Waals surface area contributed by atoms with Gasteiger partial charge in [-0.25, -0.2) is 9.18 Å². The first-order valence-electron chi connectivity index (χ1n) is 6.78. The van der Waals surface area contributed by atoms with E-state index in [-0.39, 0.29) is 18.2 Å². The summed E-state index contributed by atoms with van der Waals surface area (Å²) in [6.07, 6.45) is -12.7. The quantitative estimate of drug-likeness (QED) is 0.749. The van der Waals surface area contributed by atoms with Gasteiger partial charge in [0.1, 0.15) is 0 Å². The summed E-state index contributed by atoms with van der Waals surface area (Å²) >= 11 is 0. The van der Waals surface area contributed by atoms with Gasteiger partial charge in [-0.3, -0.25) is 4.21 Å². The van der Waals surface area contributed by atoms with Gasteiger partial charge >= 0.3 is 24.0 Å². The molecule has 1 rings (SSSR count). The molecule has 1 aromatic carbocycles. The summed E-state index contributed by atoms with van der Waals surface area (Å²) in [5.74, 6) is -2.01. The minimum atomic E-state index is -6.38. The van der Waals surface area contributed by atoms with Gasteiger partial charge in [-0.05, 0) is 25.0 Å². The molecule has 0 heterocycles. The average Bonchev–Trinajstić information content (AvgIpc) is 2.43. The molecule has 0 aliphatic carbocycles. The van der Waals surface area contributed by atoms with Crippen LogP contribution in [0.15, 0.2) is 17.0 Å². The van der Waals surface area contributed by atoms with Gasteiger partial charge in [0.05, 0.1) is 16.4 Å². The monoisotopic (exact) mass is 394 g/mol. The second-order valence-corrected chi connectivity index (χ2v) is 6.63. The number of carboxylic acid groups (broad SMARTS) is 1. The fourth-order valence-electron chi connectivity index (χ4n) is 2.24. The van der Waals surface area contributed by atoms with E-state index in [1.165, 1.54) is 6.92 Å². The van der Waals surface area contributed by atoms with Crippen LogP contribution in [-0.2, 0) is 16.5 Å². The molecule has 0 radical (unpaired) electrons. The molecule has 0 aliphatic rings. The van der Waals surface area contributed by atoms with Crippen LogP contribution in [0.1, 0.15) is 34.8 Å². The molecular weight excluding hydrogens is 381 g/mol. The molecule has 3 nitrogen and oxygen atoms in total. The van der Waals surface area contributed by atoms with E-state index in [9.17, 15) is 39.7 Å². The Bertz CT molecular complexity index is 681. The molecule has 11 heteroatoms. The SMILES string of the molecule is CCC[S@@](=O)c1c(C(F)(C(F)(F)F)C(F)(F)F)ccc(C(=O)O)c1C. The number of halogens is 7. The zero-order chi connectivity index (χ0) is 19.8. The van der Waals surface area contributed by atoms with Crippen molar-refractivity contribution in [2.45, 2.75) is 43.2 Å². The van der Waals surface area contributed by atoms with E-state index in [0.29, 0.717) is 6.07 Å². The number of hydrogen-bond donors (Lipinski definition) is 1. The van der Waals surface area contributed by atoms with Crippen molar-refractivity contribution in [1.29, 1.82) is 0 Å². The number of carbonyl (C=O) groups is 1. The van der Waals surface area contributed by atoms with Crippen LogP contribution in [0.2, 0.25) is 0 Å². The maximum atomic E-state index is 14.4. The van der Waals surface area contributed by atoms with E-state index in [4.69, 9.17) is 5.11 Å². The van der Waals surface area contributed by atoms with Crippen LogP contribution in [0.5, 0.6) is 0 Å². The van der Waals surface area contributed by atoms with E-state index < -0.39 is 56.4 Å². The molecule has 0 aliphatic heterocycles.